The summed E-state index contributed by atoms with van der Waals surface area (Å²) in [5, 5.41) is 10.2. The van der Waals surface area contributed by atoms with Gasteiger partial charge in [0, 0.05) is 38.1 Å². The van der Waals surface area contributed by atoms with Gasteiger partial charge in [-0.25, -0.2) is 0 Å². The Kier molecular flexibility index (Phi) is 5.28. The summed E-state index contributed by atoms with van der Waals surface area (Å²) in [5.74, 6) is 0. The maximum absolute atomic E-state index is 7.02. The normalized spacial score (nSPS) is 23.8. The minimum Gasteiger partial charge on any atom is -0.396 e. The molecule has 16 heavy (non-hydrogen) atoms. The van der Waals surface area contributed by atoms with Crippen LogP contribution < -0.4 is 11.1 Å². The van der Waals surface area contributed by atoms with E-state index in [1.165, 1.54) is 6.21 Å². The van der Waals surface area contributed by atoms with Crippen LogP contribution in [0.25, 0.3) is 0 Å². The molecule has 1 heterocycles. The zero-order chi connectivity index (χ0) is 12.0. The molecule has 5 nitrogen and oxygen atoms in total. The zero-order valence-corrected chi connectivity index (χ0v) is 10.1. The molecule has 92 valence electrons. The molecule has 0 saturated carbocycles. The minimum absolute atomic E-state index is 0.331. The van der Waals surface area contributed by atoms with Gasteiger partial charge in [0.2, 0.25) is 0 Å². The van der Waals surface area contributed by atoms with Crippen molar-refractivity contribution in [3.63, 3.8) is 0 Å². The van der Waals surface area contributed by atoms with E-state index in [0.29, 0.717) is 11.8 Å². The van der Waals surface area contributed by atoms with Crippen LogP contribution in [0.3, 0.4) is 0 Å². The third kappa shape index (κ3) is 4.20. The van der Waals surface area contributed by atoms with E-state index in [1.807, 2.05) is 6.92 Å². The van der Waals surface area contributed by atoms with Gasteiger partial charge in [0.1, 0.15) is 0 Å². The van der Waals surface area contributed by atoms with Crippen LogP contribution in [0.1, 0.15) is 13.8 Å². The fourth-order valence-electron chi connectivity index (χ4n) is 1.71. The highest BCUT2D eigenvalue weighted by molar-refractivity contribution is 5.75. The van der Waals surface area contributed by atoms with Crippen molar-refractivity contribution in [2.24, 2.45) is 5.73 Å². The number of rotatable bonds is 5. The van der Waals surface area contributed by atoms with E-state index >= 15 is 0 Å². The van der Waals surface area contributed by atoms with Crippen LogP contribution in [-0.4, -0.2) is 50.0 Å². The van der Waals surface area contributed by atoms with Crippen LogP contribution in [0.5, 0.6) is 0 Å². The average Bonchev–Trinajstić information content (AvgIpc) is 2.28. The molecule has 1 atom stereocenters. The lowest BCUT2D eigenvalue weighted by Gasteiger charge is -2.31. The highest BCUT2D eigenvalue weighted by atomic mass is 16.5. The van der Waals surface area contributed by atoms with E-state index in [1.54, 1.807) is 0 Å². The summed E-state index contributed by atoms with van der Waals surface area (Å²) in [6.07, 6.45) is 1.50. The SMILES string of the molecule is C/C(NCCN1CCOC(C)C1)=C(\N)C=N. The summed E-state index contributed by atoms with van der Waals surface area (Å²) in [4.78, 5) is 2.37. The Morgan fingerprint density at radius 3 is 3.06 bits per heavy atom. The molecule has 1 saturated heterocycles. The van der Waals surface area contributed by atoms with Crippen LogP contribution >= 0.6 is 0 Å². The number of morpholine rings is 1. The number of nitrogens with one attached hydrogen (secondary N) is 2. The van der Waals surface area contributed by atoms with Crippen LogP contribution in [0.15, 0.2) is 11.4 Å². The highest BCUT2D eigenvalue weighted by Crippen LogP contribution is 2.03. The first-order valence-corrected chi connectivity index (χ1v) is 5.68. The quantitative estimate of drug-likeness (QED) is 0.583. The van der Waals surface area contributed by atoms with Crippen LogP contribution in [-0.2, 0) is 4.74 Å². The largest absolute Gasteiger partial charge is 0.396 e. The van der Waals surface area contributed by atoms with Gasteiger partial charge < -0.3 is 21.2 Å². The van der Waals surface area contributed by atoms with Crippen molar-refractivity contribution in [1.29, 1.82) is 5.41 Å². The predicted molar refractivity (Wildman–Crippen MR) is 65.5 cm³/mol. The van der Waals surface area contributed by atoms with Crippen molar-refractivity contribution >= 4 is 6.21 Å². The number of hydrogen-bond donors (Lipinski definition) is 3. The van der Waals surface area contributed by atoms with Gasteiger partial charge in [-0.05, 0) is 13.8 Å². The maximum atomic E-state index is 7.02. The lowest BCUT2D eigenvalue weighted by atomic mass is 10.3. The summed E-state index contributed by atoms with van der Waals surface area (Å²) >= 11 is 0. The van der Waals surface area contributed by atoms with Crippen molar-refractivity contribution in [2.75, 3.05) is 32.8 Å². The first-order valence-electron chi connectivity index (χ1n) is 5.68. The Bertz CT molecular complexity index is 265. The third-order valence-corrected chi connectivity index (χ3v) is 2.73. The predicted octanol–water partition coefficient (Wildman–Crippen LogP) is 0.136. The summed E-state index contributed by atoms with van der Waals surface area (Å²) < 4.78 is 5.47. The Labute approximate surface area is 97.1 Å². The fourth-order valence-corrected chi connectivity index (χ4v) is 1.71. The van der Waals surface area contributed by atoms with Crippen molar-refractivity contribution in [1.82, 2.24) is 10.2 Å². The van der Waals surface area contributed by atoms with Gasteiger partial charge in [-0.2, -0.15) is 0 Å². The second-order valence-corrected chi connectivity index (χ2v) is 4.13. The second kappa shape index (κ2) is 6.50. The van der Waals surface area contributed by atoms with Crippen molar-refractivity contribution < 1.29 is 4.74 Å². The first-order chi connectivity index (χ1) is 7.63. The number of hydrogen-bond acceptors (Lipinski definition) is 5. The standard InChI is InChI=1S/C11H22N4O/c1-9-8-15(5-6-16-9)4-3-14-10(2)11(13)7-12/h7,9,12,14H,3-6,8,13H2,1-2H3/b11-10+,12-7?. The molecule has 0 aromatic carbocycles. The van der Waals surface area contributed by atoms with Gasteiger partial charge in [-0.1, -0.05) is 0 Å². The monoisotopic (exact) mass is 226 g/mol. The van der Waals surface area contributed by atoms with E-state index in [0.717, 1.165) is 38.5 Å². The fraction of sp³-hybridized carbons (Fsp3) is 0.727. The molecule has 0 aromatic heterocycles. The minimum atomic E-state index is 0.331. The molecular formula is C11H22N4O. The van der Waals surface area contributed by atoms with Crippen LogP contribution in [0, 0.1) is 5.41 Å². The molecule has 1 rings (SSSR count). The lowest BCUT2D eigenvalue weighted by molar-refractivity contribution is -0.0174. The molecule has 1 unspecified atom stereocenters. The van der Waals surface area contributed by atoms with E-state index in [4.69, 9.17) is 15.9 Å². The number of nitrogens with two attached hydrogens (primary N) is 1. The van der Waals surface area contributed by atoms with Crippen molar-refractivity contribution in [3.05, 3.63) is 11.4 Å². The van der Waals surface area contributed by atoms with Gasteiger partial charge >= 0.3 is 0 Å². The summed E-state index contributed by atoms with van der Waals surface area (Å²) in [7, 11) is 0. The van der Waals surface area contributed by atoms with Gasteiger partial charge in [0.05, 0.1) is 18.4 Å². The summed E-state index contributed by atoms with van der Waals surface area (Å²) in [6, 6.07) is 0. The molecule has 0 amide bonds. The Morgan fingerprint density at radius 1 is 1.69 bits per heavy atom. The van der Waals surface area contributed by atoms with E-state index in [-0.39, 0.29) is 0 Å². The van der Waals surface area contributed by atoms with Crippen molar-refractivity contribution in [2.45, 2.75) is 20.0 Å². The Morgan fingerprint density at radius 2 is 2.44 bits per heavy atom. The second-order valence-electron chi connectivity index (χ2n) is 4.13. The van der Waals surface area contributed by atoms with E-state index in [9.17, 15) is 0 Å². The maximum Gasteiger partial charge on any atom is 0.0682 e. The average molecular weight is 226 g/mol. The molecule has 0 aromatic rings. The van der Waals surface area contributed by atoms with Crippen LogP contribution in [0.2, 0.25) is 0 Å². The molecule has 4 N–H and O–H groups in total. The molecule has 1 aliphatic rings. The van der Waals surface area contributed by atoms with Gasteiger partial charge in [-0.15, -0.1) is 0 Å². The topological polar surface area (TPSA) is 74.4 Å². The molecule has 0 bridgehead atoms. The number of allylic oxidation sites excluding steroid dienone is 2. The number of nitrogens with zero attached hydrogens (tertiary/aromatic N) is 1. The lowest BCUT2D eigenvalue weighted by Crippen LogP contribution is -2.43. The molecular weight excluding hydrogens is 204 g/mol. The van der Waals surface area contributed by atoms with Gasteiger partial charge in [0.15, 0.2) is 0 Å². The first kappa shape index (κ1) is 13.0. The van der Waals surface area contributed by atoms with Gasteiger partial charge in [-0.3, -0.25) is 4.90 Å². The molecule has 0 aliphatic carbocycles. The summed E-state index contributed by atoms with van der Waals surface area (Å²) in [6.45, 7) is 8.63. The zero-order valence-electron chi connectivity index (χ0n) is 10.1. The van der Waals surface area contributed by atoms with E-state index in [2.05, 4.69) is 17.1 Å². The molecule has 5 heteroatoms. The van der Waals surface area contributed by atoms with E-state index < -0.39 is 0 Å². The number of ether oxygens (including phenoxy) is 1. The highest BCUT2D eigenvalue weighted by Gasteiger charge is 2.15. The third-order valence-electron chi connectivity index (χ3n) is 2.73. The molecule has 0 spiro atoms. The Balaban J connectivity index is 2.22. The van der Waals surface area contributed by atoms with Crippen LogP contribution in [0.4, 0.5) is 0 Å². The Hall–Kier alpha value is -1.07. The smallest absolute Gasteiger partial charge is 0.0682 e. The van der Waals surface area contributed by atoms with Gasteiger partial charge in [0.25, 0.3) is 0 Å². The van der Waals surface area contributed by atoms with Crippen molar-refractivity contribution in [3.8, 4) is 0 Å². The molecule has 1 fully saturated rings. The molecule has 0 radical (unpaired) electrons. The molecule has 1 aliphatic heterocycles. The summed E-state index contributed by atoms with van der Waals surface area (Å²) in [5.41, 5.74) is 6.97.